The minimum Gasteiger partial charge on any atom is -0.369 e. The second-order valence-electron chi connectivity index (χ2n) is 4.67. The van der Waals surface area contributed by atoms with Gasteiger partial charge in [0.25, 0.3) is 0 Å². The van der Waals surface area contributed by atoms with Crippen LogP contribution in [0.5, 0.6) is 0 Å². The van der Waals surface area contributed by atoms with Crippen LogP contribution < -0.4 is 5.73 Å². The molecule has 0 fully saturated rings. The van der Waals surface area contributed by atoms with Crippen LogP contribution in [0.2, 0.25) is 0 Å². The van der Waals surface area contributed by atoms with Gasteiger partial charge in [0.05, 0.1) is 11.9 Å². The van der Waals surface area contributed by atoms with Gasteiger partial charge in [-0.1, -0.05) is 24.0 Å². The van der Waals surface area contributed by atoms with Crippen molar-refractivity contribution in [2.24, 2.45) is 0 Å². The highest BCUT2D eigenvalue weighted by Gasteiger charge is 2.01. The van der Waals surface area contributed by atoms with Gasteiger partial charge in [0, 0.05) is 17.2 Å². The maximum Gasteiger partial charge on any atom is 0.197 e. The van der Waals surface area contributed by atoms with Gasteiger partial charge in [-0.25, -0.2) is 13.8 Å². The largest absolute Gasteiger partial charge is 0.369 e. The maximum absolute atomic E-state index is 13.1. The van der Waals surface area contributed by atoms with Crippen LogP contribution in [0, 0.1) is 23.5 Å². The number of nitrogen functional groups attached to an aromatic ring is 1. The van der Waals surface area contributed by atoms with Crippen molar-refractivity contribution in [1.29, 1.82) is 0 Å². The first-order valence-corrected chi connectivity index (χ1v) is 6.49. The quantitative estimate of drug-likeness (QED) is 0.677. The molecule has 0 aliphatic heterocycles. The molecule has 0 aliphatic carbocycles. The Morgan fingerprint density at radius 3 is 2.14 bits per heavy atom. The van der Waals surface area contributed by atoms with Crippen molar-refractivity contribution in [3.63, 3.8) is 0 Å². The number of imidazole rings is 1. The van der Waals surface area contributed by atoms with E-state index in [0.717, 1.165) is 22.9 Å². The number of hydrogen-bond donors (Lipinski definition) is 2. The molecule has 0 spiro atoms. The molecule has 1 heterocycles. The third-order valence-electron chi connectivity index (χ3n) is 3.01. The Hall–Kier alpha value is -3.13. The molecule has 3 aromatic rings. The number of benzene rings is 2. The van der Waals surface area contributed by atoms with Gasteiger partial charge in [0.15, 0.2) is 5.95 Å². The fraction of sp³-hybridized carbons (Fsp3) is 0. The number of nitrogens with zero attached hydrogens (tertiary/aromatic N) is 1. The Kier molecular flexibility index (Phi) is 3.58. The highest BCUT2D eigenvalue weighted by Crippen LogP contribution is 2.18. The van der Waals surface area contributed by atoms with Crippen molar-refractivity contribution < 1.29 is 8.78 Å². The average Bonchev–Trinajstić information content (AvgIpc) is 2.91. The van der Waals surface area contributed by atoms with E-state index in [2.05, 4.69) is 21.8 Å². The van der Waals surface area contributed by atoms with Gasteiger partial charge in [-0.05, 0) is 29.8 Å². The number of H-pyrrole nitrogens is 1. The van der Waals surface area contributed by atoms with Crippen LogP contribution in [0.4, 0.5) is 14.7 Å². The lowest BCUT2D eigenvalue weighted by Gasteiger charge is -1.97. The lowest BCUT2D eigenvalue weighted by molar-refractivity contribution is 0.582. The number of rotatable bonds is 1. The molecule has 3 rings (SSSR count). The first kappa shape index (κ1) is 13.8. The number of halogens is 2. The molecule has 0 radical (unpaired) electrons. The first-order chi connectivity index (χ1) is 10.6. The number of aromatic amines is 1. The summed E-state index contributed by atoms with van der Waals surface area (Å²) >= 11 is 0. The summed E-state index contributed by atoms with van der Waals surface area (Å²) < 4.78 is 26.1. The van der Waals surface area contributed by atoms with Crippen LogP contribution >= 0.6 is 0 Å². The SMILES string of the molecule is Nc1ncc(-c2ccc(C#Cc3cc(F)cc(F)c3)cc2)[nH]1. The highest BCUT2D eigenvalue weighted by atomic mass is 19.1. The number of aromatic nitrogens is 2. The lowest BCUT2D eigenvalue weighted by atomic mass is 10.1. The van der Waals surface area contributed by atoms with Crippen molar-refractivity contribution in [3.05, 3.63) is 71.4 Å². The molecule has 0 unspecified atom stereocenters. The van der Waals surface area contributed by atoms with E-state index in [0.29, 0.717) is 11.5 Å². The van der Waals surface area contributed by atoms with E-state index in [4.69, 9.17) is 5.73 Å². The molecular formula is C17H11F2N3. The molecule has 1 aromatic heterocycles. The van der Waals surface area contributed by atoms with Gasteiger partial charge in [-0.3, -0.25) is 0 Å². The second kappa shape index (κ2) is 5.70. The van der Waals surface area contributed by atoms with Crippen LogP contribution in [0.25, 0.3) is 11.3 Å². The molecule has 3 N–H and O–H groups in total. The number of hydrogen-bond acceptors (Lipinski definition) is 2. The lowest BCUT2D eigenvalue weighted by Crippen LogP contribution is -1.85. The third kappa shape index (κ3) is 3.13. The van der Waals surface area contributed by atoms with Crippen molar-refractivity contribution >= 4 is 5.95 Å². The van der Waals surface area contributed by atoms with Crippen molar-refractivity contribution in [3.8, 4) is 23.1 Å². The molecule has 3 nitrogen and oxygen atoms in total. The molecule has 0 bridgehead atoms. The summed E-state index contributed by atoms with van der Waals surface area (Å²) in [6.07, 6.45) is 1.64. The predicted octanol–water partition coefficient (Wildman–Crippen LogP) is 3.34. The van der Waals surface area contributed by atoms with Crippen LogP contribution in [-0.4, -0.2) is 9.97 Å². The van der Waals surface area contributed by atoms with E-state index < -0.39 is 11.6 Å². The zero-order valence-corrected chi connectivity index (χ0v) is 11.4. The highest BCUT2D eigenvalue weighted by molar-refractivity contribution is 5.61. The zero-order valence-electron chi connectivity index (χ0n) is 11.4. The molecule has 5 heteroatoms. The van der Waals surface area contributed by atoms with Gasteiger partial charge in [-0.15, -0.1) is 0 Å². The van der Waals surface area contributed by atoms with Crippen LogP contribution in [0.15, 0.2) is 48.7 Å². The molecule has 0 saturated heterocycles. The average molecular weight is 295 g/mol. The van der Waals surface area contributed by atoms with Crippen LogP contribution in [-0.2, 0) is 0 Å². The van der Waals surface area contributed by atoms with Crippen LogP contribution in [0.3, 0.4) is 0 Å². The normalized spacial score (nSPS) is 10.1. The summed E-state index contributed by atoms with van der Waals surface area (Å²) in [5.74, 6) is 4.67. The number of nitrogens with one attached hydrogen (secondary N) is 1. The maximum atomic E-state index is 13.1. The number of nitrogens with two attached hydrogens (primary N) is 1. The standard InChI is InChI=1S/C17H11F2N3/c18-14-7-12(8-15(19)9-14)2-1-11-3-5-13(6-4-11)16-10-21-17(20)22-16/h3-10H,(H3,20,21,22). The molecular weight excluding hydrogens is 284 g/mol. The van der Waals surface area contributed by atoms with Gasteiger partial charge in [0.1, 0.15) is 11.6 Å². The van der Waals surface area contributed by atoms with Gasteiger partial charge >= 0.3 is 0 Å². The molecule has 0 amide bonds. The third-order valence-corrected chi connectivity index (χ3v) is 3.01. The molecule has 0 atom stereocenters. The monoisotopic (exact) mass is 295 g/mol. The molecule has 108 valence electrons. The Morgan fingerprint density at radius 2 is 1.55 bits per heavy atom. The smallest absolute Gasteiger partial charge is 0.197 e. The summed E-state index contributed by atoms with van der Waals surface area (Å²) in [6.45, 7) is 0. The first-order valence-electron chi connectivity index (χ1n) is 6.49. The fourth-order valence-corrected chi connectivity index (χ4v) is 1.99. The zero-order chi connectivity index (χ0) is 15.5. The van der Waals surface area contributed by atoms with Gasteiger partial charge in [0.2, 0.25) is 0 Å². The van der Waals surface area contributed by atoms with E-state index in [1.54, 1.807) is 6.20 Å². The Labute approximate surface area is 125 Å². The van der Waals surface area contributed by atoms with Crippen molar-refractivity contribution in [2.75, 3.05) is 5.73 Å². The summed E-state index contributed by atoms with van der Waals surface area (Å²) in [7, 11) is 0. The Bertz CT molecular complexity index is 851. The Morgan fingerprint density at radius 1 is 0.909 bits per heavy atom. The molecule has 0 saturated carbocycles. The summed E-state index contributed by atoms with van der Waals surface area (Å²) in [5.41, 5.74) is 8.30. The minimum absolute atomic E-state index is 0.294. The van der Waals surface area contributed by atoms with E-state index in [9.17, 15) is 8.78 Å². The van der Waals surface area contributed by atoms with Gasteiger partial charge < -0.3 is 10.7 Å². The summed E-state index contributed by atoms with van der Waals surface area (Å²) in [6, 6.07) is 10.6. The summed E-state index contributed by atoms with van der Waals surface area (Å²) in [4.78, 5) is 6.86. The Balaban J connectivity index is 1.84. The molecule has 0 aliphatic rings. The van der Waals surface area contributed by atoms with E-state index >= 15 is 0 Å². The second-order valence-corrected chi connectivity index (χ2v) is 4.67. The molecule has 22 heavy (non-hydrogen) atoms. The predicted molar refractivity (Wildman–Crippen MR) is 80.8 cm³/mol. The summed E-state index contributed by atoms with van der Waals surface area (Å²) in [5, 5.41) is 0. The minimum atomic E-state index is -0.642. The van der Waals surface area contributed by atoms with Crippen LogP contribution in [0.1, 0.15) is 11.1 Å². The van der Waals surface area contributed by atoms with E-state index in [-0.39, 0.29) is 0 Å². The molecule has 2 aromatic carbocycles. The van der Waals surface area contributed by atoms with E-state index in [1.807, 2.05) is 24.3 Å². The number of anilines is 1. The van der Waals surface area contributed by atoms with Gasteiger partial charge in [-0.2, -0.15) is 0 Å². The van der Waals surface area contributed by atoms with Crippen molar-refractivity contribution in [2.45, 2.75) is 0 Å². The fourth-order valence-electron chi connectivity index (χ4n) is 1.99. The van der Waals surface area contributed by atoms with E-state index in [1.165, 1.54) is 12.1 Å². The van der Waals surface area contributed by atoms with Crippen molar-refractivity contribution in [1.82, 2.24) is 9.97 Å². The topological polar surface area (TPSA) is 54.7 Å².